The van der Waals surface area contributed by atoms with Gasteiger partial charge < -0.3 is 20.4 Å². The van der Waals surface area contributed by atoms with Gasteiger partial charge in [-0.1, -0.05) is 37.3 Å². The number of benzene rings is 1. The van der Waals surface area contributed by atoms with E-state index in [1.54, 1.807) is 0 Å². The Kier molecular flexibility index (Phi) is 4.22. The average Bonchev–Trinajstić information content (AvgIpc) is 2.64. The van der Waals surface area contributed by atoms with Crippen molar-refractivity contribution >= 4 is 5.78 Å². The lowest BCUT2D eigenvalue weighted by atomic mass is 9.58. The monoisotopic (exact) mass is 362 g/mol. The highest BCUT2D eigenvalue weighted by molar-refractivity contribution is 5.97. The van der Waals surface area contributed by atoms with Crippen molar-refractivity contribution in [1.29, 1.82) is 0 Å². The summed E-state index contributed by atoms with van der Waals surface area (Å²) in [6.45, 7) is 3.33. The molecule has 4 saturated heterocycles. The van der Waals surface area contributed by atoms with Crippen LogP contribution in [0.3, 0.4) is 0 Å². The second-order valence-electron chi connectivity index (χ2n) is 8.29. The highest BCUT2D eigenvalue weighted by Gasteiger charge is 2.65. The van der Waals surface area contributed by atoms with E-state index in [0.717, 1.165) is 5.56 Å². The van der Waals surface area contributed by atoms with Crippen molar-refractivity contribution in [3.05, 3.63) is 35.9 Å². The molecule has 0 amide bonds. The Bertz CT molecular complexity index is 680. The van der Waals surface area contributed by atoms with Gasteiger partial charge in [-0.3, -0.25) is 14.6 Å². The lowest BCUT2D eigenvalue weighted by Gasteiger charge is -2.66. The largest absolute Gasteiger partial charge is 0.394 e. The summed E-state index contributed by atoms with van der Waals surface area (Å²) in [5.74, 6) is 0.243. The standard InChI is InChI=1S/C19H26N2O5/c1-18-8-20-10-19(17(18)26,12-5-3-2-4-6-12)11-21(9-18)16(20)15(25)14(24)13(23)7-22/h2-6,13-16,22-25H,7-11H2,1H3/t13-,14-,15+,16?,18?,19?/m0/s1. The number of aliphatic hydroxyl groups excluding tert-OH is 4. The Balaban J connectivity index is 1.69. The van der Waals surface area contributed by atoms with Gasteiger partial charge in [0.05, 0.1) is 23.6 Å². The minimum absolute atomic E-state index is 0.243. The molecule has 4 fully saturated rings. The van der Waals surface area contributed by atoms with Crippen LogP contribution >= 0.6 is 0 Å². The zero-order valence-corrected chi connectivity index (χ0v) is 14.8. The van der Waals surface area contributed by atoms with E-state index >= 15 is 0 Å². The van der Waals surface area contributed by atoms with E-state index in [9.17, 15) is 20.1 Å². The summed E-state index contributed by atoms with van der Waals surface area (Å²) in [6.07, 6.45) is -4.56. The first-order valence-corrected chi connectivity index (χ1v) is 9.06. The van der Waals surface area contributed by atoms with Crippen LogP contribution in [0, 0.1) is 5.41 Å². The molecule has 7 nitrogen and oxygen atoms in total. The summed E-state index contributed by atoms with van der Waals surface area (Å²) in [4.78, 5) is 17.4. The van der Waals surface area contributed by atoms with Crippen LogP contribution in [0.2, 0.25) is 0 Å². The highest BCUT2D eigenvalue weighted by Crippen LogP contribution is 2.50. The first-order valence-electron chi connectivity index (χ1n) is 9.06. The summed E-state index contributed by atoms with van der Waals surface area (Å²) < 4.78 is 0. The minimum Gasteiger partial charge on any atom is -0.394 e. The third kappa shape index (κ3) is 2.39. The van der Waals surface area contributed by atoms with E-state index in [4.69, 9.17) is 5.11 Å². The van der Waals surface area contributed by atoms with Crippen molar-refractivity contribution in [2.45, 2.75) is 36.8 Å². The molecule has 4 N–H and O–H groups in total. The molecule has 5 rings (SSSR count). The van der Waals surface area contributed by atoms with E-state index < -0.39 is 41.9 Å². The number of hydrogen-bond acceptors (Lipinski definition) is 7. The van der Waals surface area contributed by atoms with E-state index in [1.807, 2.05) is 47.1 Å². The molecule has 7 heteroatoms. The Morgan fingerprint density at radius 1 is 1.08 bits per heavy atom. The van der Waals surface area contributed by atoms with Crippen LogP contribution in [0.25, 0.3) is 0 Å². The number of ketones is 1. The molecule has 0 aliphatic carbocycles. The van der Waals surface area contributed by atoms with E-state index in [2.05, 4.69) is 0 Å². The van der Waals surface area contributed by atoms with Crippen molar-refractivity contribution in [2.24, 2.45) is 5.41 Å². The summed E-state index contributed by atoms with van der Waals surface area (Å²) in [5.41, 5.74) is -0.179. The fourth-order valence-corrected chi connectivity index (χ4v) is 5.29. The number of aliphatic hydroxyl groups is 4. The molecule has 4 aliphatic rings. The molecule has 5 atom stereocenters. The molecular weight excluding hydrogens is 336 g/mol. The number of hydrogen-bond donors (Lipinski definition) is 4. The van der Waals surface area contributed by atoms with E-state index in [0.29, 0.717) is 26.2 Å². The zero-order chi connectivity index (χ0) is 18.7. The summed E-state index contributed by atoms with van der Waals surface area (Å²) >= 11 is 0. The topological polar surface area (TPSA) is 104 Å². The number of piperidine rings is 2. The lowest BCUT2D eigenvalue weighted by molar-refractivity contribution is -0.216. The fraction of sp³-hybridized carbons (Fsp3) is 0.632. The van der Waals surface area contributed by atoms with Crippen molar-refractivity contribution < 1.29 is 25.2 Å². The van der Waals surface area contributed by atoms with Gasteiger partial charge in [0.25, 0.3) is 0 Å². The smallest absolute Gasteiger partial charge is 0.154 e. The Hall–Kier alpha value is -1.35. The van der Waals surface area contributed by atoms with Crippen molar-refractivity contribution in [3.63, 3.8) is 0 Å². The van der Waals surface area contributed by atoms with Gasteiger partial charge in [0.1, 0.15) is 18.3 Å². The molecule has 0 radical (unpaired) electrons. The summed E-state index contributed by atoms with van der Waals surface area (Å²) in [5, 5.41) is 39.7. The van der Waals surface area contributed by atoms with Gasteiger partial charge >= 0.3 is 0 Å². The Morgan fingerprint density at radius 2 is 1.65 bits per heavy atom. The first-order chi connectivity index (χ1) is 12.3. The third-order valence-electron chi connectivity index (χ3n) is 6.34. The van der Waals surface area contributed by atoms with Crippen LogP contribution < -0.4 is 0 Å². The SMILES string of the molecule is CC12CN3CC(c4ccccc4)(CN(C1)C3[C@H](O)[C@@H](O)[C@@H](O)CO)C2=O. The Labute approximate surface area is 152 Å². The predicted octanol–water partition coefficient (Wildman–Crippen LogP) is -1.45. The number of Topliss-reactive ketones (excluding diaryl/α,β-unsaturated/α-hetero) is 1. The molecule has 0 spiro atoms. The molecular formula is C19H26N2O5. The summed E-state index contributed by atoms with van der Waals surface area (Å²) in [6, 6.07) is 9.75. The van der Waals surface area contributed by atoms with E-state index in [1.165, 1.54) is 0 Å². The number of carbonyl (C=O) groups excluding carboxylic acids is 1. The molecule has 4 heterocycles. The van der Waals surface area contributed by atoms with Gasteiger partial charge in [-0.2, -0.15) is 0 Å². The third-order valence-corrected chi connectivity index (χ3v) is 6.34. The zero-order valence-electron chi connectivity index (χ0n) is 14.8. The maximum Gasteiger partial charge on any atom is 0.154 e. The van der Waals surface area contributed by atoms with Gasteiger partial charge in [-0.25, -0.2) is 0 Å². The molecule has 0 saturated carbocycles. The van der Waals surface area contributed by atoms with Crippen molar-refractivity contribution in [1.82, 2.24) is 9.80 Å². The maximum absolute atomic E-state index is 13.3. The second kappa shape index (κ2) is 6.09. The maximum atomic E-state index is 13.3. The molecule has 4 bridgehead atoms. The van der Waals surface area contributed by atoms with Crippen LogP contribution in [0.4, 0.5) is 0 Å². The van der Waals surface area contributed by atoms with Crippen LogP contribution in [-0.2, 0) is 10.2 Å². The molecule has 1 aromatic rings. The predicted molar refractivity (Wildman–Crippen MR) is 93.3 cm³/mol. The van der Waals surface area contributed by atoms with Gasteiger partial charge in [0.15, 0.2) is 5.78 Å². The lowest BCUT2D eigenvalue weighted by Crippen LogP contribution is -2.82. The molecule has 1 aromatic carbocycles. The first kappa shape index (κ1) is 18.0. The number of carbonyl (C=O) groups is 1. The summed E-state index contributed by atoms with van der Waals surface area (Å²) in [7, 11) is 0. The van der Waals surface area contributed by atoms with Gasteiger partial charge in [0.2, 0.25) is 0 Å². The second-order valence-corrected chi connectivity index (χ2v) is 8.29. The van der Waals surface area contributed by atoms with Crippen LogP contribution in [-0.4, -0.2) is 93.3 Å². The molecule has 26 heavy (non-hydrogen) atoms. The normalized spacial score (nSPS) is 41.9. The van der Waals surface area contributed by atoms with Gasteiger partial charge in [-0.05, 0) is 5.56 Å². The number of nitrogens with zero attached hydrogens (tertiary/aromatic N) is 2. The Morgan fingerprint density at radius 3 is 2.19 bits per heavy atom. The molecule has 4 aliphatic heterocycles. The quantitative estimate of drug-likeness (QED) is 0.508. The molecule has 142 valence electrons. The van der Waals surface area contributed by atoms with E-state index in [-0.39, 0.29) is 5.78 Å². The van der Waals surface area contributed by atoms with Crippen molar-refractivity contribution in [3.8, 4) is 0 Å². The fourth-order valence-electron chi connectivity index (χ4n) is 5.29. The van der Waals surface area contributed by atoms with Gasteiger partial charge in [0, 0.05) is 26.2 Å². The average molecular weight is 362 g/mol. The van der Waals surface area contributed by atoms with Gasteiger partial charge in [-0.15, -0.1) is 0 Å². The van der Waals surface area contributed by atoms with Crippen LogP contribution in [0.5, 0.6) is 0 Å². The van der Waals surface area contributed by atoms with Crippen LogP contribution in [0.1, 0.15) is 12.5 Å². The van der Waals surface area contributed by atoms with Crippen LogP contribution in [0.15, 0.2) is 30.3 Å². The minimum atomic E-state index is -1.45. The van der Waals surface area contributed by atoms with Crippen molar-refractivity contribution in [2.75, 3.05) is 32.8 Å². The molecule has 0 aromatic heterocycles. The molecule has 2 unspecified atom stereocenters. The highest BCUT2D eigenvalue weighted by atomic mass is 16.4. The number of rotatable bonds is 5.